The Balaban J connectivity index is 1.41. The number of hydrogen-bond donors (Lipinski definition) is 1. The fourth-order valence-corrected chi connectivity index (χ4v) is 4.35. The molecule has 0 saturated heterocycles. The lowest BCUT2D eigenvalue weighted by Crippen LogP contribution is -2.30. The molecule has 1 N–H and O–H groups in total. The minimum absolute atomic E-state index is 0.0745. The third kappa shape index (κ3) is 6.15. The van der Waals surface area contributed by atoms with Crippen molar-refractivity contribution in [3.05, 3.63) is 71.2 Å². The Labute approximate surface area is 170 Å². The standard InChI is InChI=1S/C21H24N2O3S2/c1-2-17-8-10-20(11-9-17)26-14-15-28(24,25)22-13-12-19-16-27-21(23-19)18-6-4-3-5-7-18/h3-11,16,22H,2,12-15H2,1H3. The summed E-state index contributed by atoms with van der Waals surface area (Å²) >= 11 is 1.57. The second-order valence-electron chi connectivity index (χ2n) is 6.32. The molecule has 0 radical (unpaired) electrons. The molecule has 148 valence electrons. The van der Waals surface area contributed by atoms with Crippen LogP contribution in [0.5, 0.6) is 5.75 Å². The summed E-state index contributed by atoms with van der Waals surface area (Å²) in [6, 6.07) is 17.7. The second kappa shape index (κ2) is 9.82. The molecule has 1 aromatic heterocycles. The van der Waals surface area contributed by atoms with Gasteiger partial charge in [-0.3, -0.25) is 0 Å². The Morgan fingerprint density at radius 1 is 1.07 bits per heavy atom. The Bertz CT molecular complexity index is 968. The fourth-order valence-electron chi connectivity index (χ4n) is 2.63. The number of ether oxygens (including phenoxy) is 1. The Hall–Kier alpha value is -2.22. The summed E-state index contributed by atoms with van der Waals surface area (Å²) in [5.74, 6) is 0.609. The molecule has 0 amide bonds. The number of nitrogens with one attached hydrogen (secondary N) is 1. The summed E-state index contributed by atoms with van der Waals surface area (Å²) in [7, 11) is -3.38. The lowest BCUT2D eigenvalue weighted by Gasteiger charge is -2.08. The van der Waals surface area contributed by atoms with E-state index in [0.29, 0.717) is 18.7 Å². The molecular formula is C21H24N2O3S2. The summed E-state index contributed by atoms with van der Waals surface area (Å²) in [5.41, 5.74) is 3.18. The molecule has 0 spiro atoms. The predicted molar refractivity (Wildman–Crippen MR) is 114 cm³/mol. The molecule has 0 saturated carbocycles. The van der Waals surface area contributed by atoms with Gasteiger partial charge in [0.15, 0.2) is 0 Å². The third-order valence-electron chi connectivity index (χ3n) is 4.23. The maximum Gasteiger partial charge on any atom is 0.214 e. The van der Waals surface area contributed by atoms with Crippen LogP contribution in [0.25, 0.3) is 10.6 Å². The summed E-state index contributed by atoms with van der Waals surface area (Å²) in [6.45, 7) is 2.53. The molecule has 0 atom stereocenters. The van der Waals surface area contributed by atoms with Crippen LogP contribution in [0.3, 0.4) is 0 Å². The number of sulfonamides is 1. The van der Waals surface area contributed by atoms with E-state index in [1.165, 1.54) is 5.56 Å². The topological polar surface area (TPSA) is 68.3 Å². The highest BCUT2D eigenvalue weighted by Crippen LogP contribution is 2.23. The van der Waals surface area contributed by atoms with E-state index in [1.807, 2.05) is 60.0 Å². The first-order valence-electron chi connectivity index (χ1n) is 9.24. The van der Waals surface area contributed by atoms with E-state index < -0.39 is 10.0 Å². The minimum atomic E-state index is -3.38. The largest absolute Gasteiger partial charge is 0.492 e. The van der Waals surface area contributed by atoms with E-state index in [-0.39, 0.29) is 12.4 Å². The van der Waals surface area contributed by atoms with Crippen LogP contribution in [-0.2, 0) is 22.9 Å². The predicted octanol–water partition coefficient (Wildman–Crippen LogP) is 3.91. The van der Waals surface area contributed by atoms with Crippen LogP contribution in [0, 0.1) is 0 Å². The third-order valence-corrected chi connectivity index (χ3v) is 6.52. The van der Waals surface area contributed by atoms with Crippen LogP contribution in [0.15, 0.2) is 60.0 Å². The highest BCUT2D eigenvalue weighted by Gasteiger charge is 2.11. The van der Waals surface area contributed by atoms with Crippen LogP contribution in [0.1, 0.15) is 18.2 Å². The van der Waals surface area contributed by atoms with E-state index in [2.05, 4.69) is 16.6 Å². The van der Waals surface area contributed by atoms with Crippen molar-refractivity contribution < 1.29 is 13.2 Å². The molecule has 0 bridgehead atoms. The number of aromatic nitrogens is 1. The highest BCUT2D eigenvalue weighted by molar-refractivity contribution is 7.89. The van der Waals surface area contributed by atoms with Gasteiger partial charge in [-0.1, -0.05) is 49.4 Å². The van der Waals surface area contributed by atoms with Crippen molar-refractivity contribution in [2.24, 2.45) is 0 Å². The van der Waals surface area contributed by atoms with Gasteiger partial charge in [0.1, 0.15) is 17.4 Å². The van der Waals surface area contributed by atoms with Gasteiger partial charge in [0.2, 0.25) is 10.0 Å². The van der Waals surface area contributed by atoms with Crippen LogP contribution in [-0.4, -0.2) is 32.3 Å². The van der Waals surface area contributed by atoms with Gasteiger partial charge in [-0.05, 0) is 24.1 Å². The molecular weight excluding hydrogens is 392 g/mol. The first-order valence-corrected chi connectivity index (χ1v) is 11.8. The quantitative estimate of drug-likeness (QED) is 0.544. The van der Waals surface area contributed by atoms with E-state index in [1.54, 1.807) is 11.3 Å². The zero-order valence-electron chi connectivity index (χ0n) is 15.8. The molecule has 0 fully saturated rings. The van der Waals surface area contributed by atoms with Gasteiger partial charge in [0, 0.05) is 23.9 Å². The van der Waals surface area contributed by atoms with Crippen molar-refractivity contribution >= 4 is 21.4 Å². The van der Waals surface area contributed by atoms with E-state index >= 15 is 0 Å². The number of thiazole rings is 1. The van der Waals surface area contributed by atoms with Gasteiger partial charge in [-0.25, -0.2) is 18.1 Å². The Kier molecular flexibility index (Phi) is 7.19. The van der Waals surface area contributed by atoms with Crippen LogP contribution < -0.4 is 9.46 Å². The first-order chi connectivity index (χ1) is 13.6. The van der Waals surface area contributed by atoms with Crippen LogP contribution in [0.2, 0.25) is 0 Å². The first kappa shape index (κ1) is 20.5. The summed E-state index contributed by atoms with van der Waals surface area (Å²) in [5, 5.41) is 2.92. The summed E-state index contributed by atoms with van der Waals surface area (Å²) in [4.78, 5) is 4.57. The van der Waals surface area contributed by atoms with Gasteiger partial charge in [0.25, 0.3) is 0 Å². The maximum atomic E-state index is 12.1. The summed E-state index contributed by atoms with van der Waals surface area (Å²) < 4.78 is 32.4. The number of hydrogen-bond acceptors (Lipinski definition) is 5. The lowest BCUT2D eigenvalue weighted by molar-refractivity contribution is 0.340. The highest BCUT2D eigenvalue weighted by atomic mass is 32.2. The molecule has 0 aliphatic heterocycles. The molecule has 0 aliphatic carbocycles. The Morgan fingerprint density at radius 3 is 2.54 bits per heavy atom. The average Bonchev–Trinajstić information content (AvgIpc) is 3.18. The molecule has 5 nitrogen and oxygen atoms in total. The van der Waals surface area contributed by atoms with Crippen molar-refractivity contribution in [3.8, 4) is 16.3 Å². The molecule has 3 aromatic rings. The number of rotatable bonds is 10. The van der Waals surface area contributed by atoms with Gasteiger partial charge in [-0.15, -0.1) is 11.3 Å². The summed E-state index contributed by atoms with van der Waals surface area (Å²) in [6.07, 6.45) is 1.52. The SMILES string of the molecule is CCc1ccc(OCCS(=O)(=O)NCCc2csc(-c3ccccc3)n2)cc1. The van der Waals surface area contributed by atoms with Gasteiger partial charge >= 0.3 is 0 Å². The van der Waals surface area contributed by atoms with E-state index in [9.17, 15) is 8.42 Å². The molecule has 28 heavy (non-hydrogen) atoms. The maximum absolute atomic E-state index is 12.1. The normalized spacial score (nSPS) is 11.5. The van der Waals surface area contributed by atoms with Gasteiger partial charge < -0.3 is 4.74 Å². The van der Waals surface area contributed by atoms with Crippen LogP contribution >= 0.6 is 11.3 Å². The van der Waals surface area contributed by atoms with Crippen molar-refractivity contribution in [2.45, 2.75) is 19.8 Å². The van der Waals surface area contributed by atoms with Crippen molar-refractivity contribution in [2.75, 3.05) is 18.9 Å². The molecule has 7 heteroatoms. The number of nitrogens with zero attached hydrogens (tertiary/aromatic N) is 1. The van der Waals surface area contributed by atoms with E-state index in [0.717, 1.165) is 22.7 Å². The Morgan fingerprint density at radius 2 is 1.82 bits per heavy atom. The molecule has 3 rings (SSSR count). The van der Waals surface area contributed by atoms with Crippen molar-refractivity contribution in [1.29, 1.82) is 0 Å². The van der Waals surface area contributed by atoms with Gasteiger partial charge in [0.05, 0.1) is 11.4 Å². The average molecular weight is 417 g/mol. The molecule has 1 heterocycles. The number of aryl methyl sites for hydroxylation is 1. The minimum Gasteiger partial charge on any atom is -0.492 e. The smallest absolute Gasteiger partial charge is 0.214 e. The van der Waals surface area contributed by atoms with Crippen LogP contribution in [0.4, 0.5) is 0 Å². The van der Waals surface area contributed by atoms with Crippen molar-refractivity contribution in [1.82, 2.24) is 9.71 Å². The van der Waals surface area contributed by atoms with Crippen molar-refractivity contribution in [3.63, 3.8) is 0 Å². The molecule has 0 aliphatic rings. The molecule has 2 aromatic carbocycles. The number of benzene rings is 2. The fraction of sp³-hybridized carbons (Fsp3) is 0.286. The molecule has 0 unspecified atom stereocenters. The zero-order valence-corrected chi connectivity index (χ0v) is 17.4. The second-order valence-corrected chi connectivity index (χ2v) is 9.10. The van der Waals surface area contributed by atoms with Gasteiger partial charge in [-0.2, -0.15) is 0 Å². The van der Waals surface area contributed by atoms with E-state index in [4.69, 9.17) is 4.74 Å². The monoisotopic (exact) mass is 416 g/mol. The zero-order chi connectivity index (χ0) is 19.8. The lowest BCUT2D eigenvalue weighted by atomic mass is 10.2.